The monoisotopic (exact) mass is 1030 g/mol. The van der Waals surface area contributed by atoms with Crippen molar-refractivity contribution in [3.63, 3.8) is 0 Å². The van der Waals surface area contributed by atoms with Crippen molar-refractivity contribution in [2.75, 3.05) is 5.73 Å². The quantitative estimate of drug-likeness (QED) is 0.0649. The third-order valence-electron chi connectivity index (χ3n) is 13.9. The molecule has 0 spiro atoms. The molecule has 7 aromatic rings. The molecule has 6 aromatic carbocycles. The average Bonchev–Trinajstić information content (AvgIpc) is 3.89. The summed E-state index contributed by atoms with van der Waals surface area (Å²) in [6, 6.07) is 52.3. The Morgan fingerprint density at radius 2 is 1.38 bits per heavy atom. The number of anilines is 1. The van der Waals surface area contributed by atoms with Crippen LogP contribution in [0.1, 0.15) is 127 Å². The van der Waals surface area contributed by atoms with Gasteiger partial charge in [-0.15, -0.1) is 0 Å². The lowest BCUT2D eigenvalue weighted by Gasteiger charge is -2.29. The van der Waals surface area contributed by atoms with Gasteiger partial charge < -0.3 is 15.6 Å². The molecule has 2 aliphatic carbocycles. The lowest BCUT2D eigenvalue weighted by molar-refractivity contribution is 0.433. The van der Waals surface area contributed by atoms with Crippen molar-refractivity contribution in [1.82, 2.24) is 15.2 Å². The predicted octanol–water partition coefficient (Wildman–Crippen LogP) is 20.1. The molecular formula is C74H84N4. The van der Waals surface area contributed by atoms with E-state index in [1.54, 1.807) is 0 Å². The summed E-state index contributed by atoms with van der Waals surface area (Å²) in [6.07, 6.45) is 36.2. The van der Waals surface area contributed by atoms with Gasteiger partial charge in [-0.25, -0.2) is 0 Å². The van der Waals surface area contributed by atoms with Gasteiger partial charge >= 0.3 is 0 Å². The number of benzene rings is 6. The molecule has 0 bridgehead atoms. The number of hydrogen-bond donors (Lipinski definition) is 3. The number of aromatic nitrogens is 1. The largest absolute Gasteiger partial charge is 0.399 e. The smallest absolute Gasteiger partial charge is 0.103 e. The van der Waals surface area contributed by atoms with E-state index >= 15 is 0 Å². The highest BCUT2D eigenvalue weighted by atomic mass is 15.1. The molecule has 2 atom stereocenters. The first kappa shape index (κ1) is 59.1. The van der Waals surface area contributed by atoms with E-state index in [2.05, 4.69) is 211 Å². The van der Waals surface area contributed by atoms with Crippen molar-refractivity contribution < 1.29 is 0 Å². The topological polar surface area (TPSA) is 55.0 Å². The van der Waals surface area contributed by atoms with Crippen LogP contribution in [0.3, 0.4) is 0 Å². The Bertz CT molecular complexity index is 3290. The van der Waals surface area contributed by atoms with Gasteiger partial charge in [-0.05, 0) is 199 Å². The molecule has 10 rings (SSSR count). The van der Waals surface area contributed by atoms with Crippen LogP contribution in [-0.2, 0) is 12.8 Å². The SMILES string of the molecule is C/C=C\C.C=C/C=C(\C=C(/C)C(=C)/C=C\C=C/C)c1ccc2c(c1)c1c(n2-c2ccccc2)CCCC1.CC.CC.Nc1ccc(C2NC=CC(c3cccc(-c4ccc(C5=CC=CCC5)c(-c5ccccc5)c4)c3)N2)cc1. The standard InChI is InChI=1S/C34H31N3.C32H33N.C4H8.2C2H6/c35-30-17-14-26(15-18-30)34-36-21-20-33(37-34)29-13-7-12-27(22-29)28-16-19-31(24-8-3-1-4-9-24)32(23-28)25-10-5-2-6-11-25;1-5-7-9-15-24(3)25(4)22-26(14-6-2)27-20-21-32-30(23-27)29-18-12-13-19-31(29)33(32)28-16-10-8-11-17-28;1-3-4-2;2*1-2/h1-3,5-8,10-23,33-34,36-37H,4,9,35H2;5-11,14-17,20-23H,2-3,12-13,18-19H2,1,4H3;3-4H,1-2H3;2*1-2H3/b;7-5-,15-9-,25-22+,26-14+;4-3-;;. The number of aryl methyl sites for hydroxylation is 1. The highest BCUT2D eigenvalue weighted by Gasteiger charge is 2.23. The Kier molecular flexibility index (Phi) is 23.6. The van der Waals surface area contributed by atoms with E-state index in [1.165, 1.54) is 85.2 Å². The number of nitrogens with zero attached hydrogens (tertiary/aromatic N) is 1. The van der Waals surface area contributed by atoms with Gasteiger partial charge in [0, 0.05) is 22.5 Å². The maximum atomic E-state index is 5.89. The summed E-state index contributed by atoms with van der Waals surface area (Å²) >= 11 is 0. The van der Waals surface area contributed by atoms with Crippen molar-refractivity contribution in [3.05, 3.63) is 289 Å². The van der Waals surface area contributed by atoms with E-state index < -0.39 is 0 Å². The summed E-state index contributed by atoms with van der Waals surface area (Å²) < 4.78 is 2.47. The van der Waals surface area contributed by atoms with Crippen molar-refractivity contribution in [2.45, 2.75) is 106 Å². The first-order chi connectivity index (χ1) is 38.3. The normalized spacial score (nSPS) is 15.8. The number of rotatable bonds is 12. The molecule has 0 radical (unpaired) electrons. The zero-order chi connectivity index (χ0) is 55.7. The van der Waals surface area contributed by atoms with Crippen LogP contribution in [0.25, 0.3) is 50.0 Å². The number of hydrogen-bond acceptors (Lipinski definition) is 3. The lowest BCUT2D eigenvalue weighted by Crippen LogP contribution is -2.37. The summed E-state index contributed by atoms with van der Waals surface area (Å²) in [6.45, 7) is 24.3. The van der Waals surface area contributed by atoms with Gasteiger partial charge in [-0.3, -0.25) is 5.32 Å². The number of para-hydroxylation sites is 1. The second-order valence-corrected chi connectivity index (χ2v) is 19.0. The predicted molar refractivity (Wildman–Crippen MR) is 344 cm³/mol. The van der Waals surface area contributed by atoms with Crippen LogP contribution in [0.2, 0.25) is 0 Å². The van der Waals surface area contributed by atoms with Crippen LogP contribution in [0.4, 0.5) is 5.69 Å². The van der Waals surface area contributed by atoms with Crippen LogP contribution in [0, 0.1) is 0 Å². The summed E-state index contributed by atoms with van der Waals surface area (Å²) in [5.41, 5.74) is 26.8. The molecule has 0 fully saturated rings. The van der Waals surface area contributed by atoms with Gasteiger partial charge in [0.1, 0.15) is 6.17 Å². The first-order valence-electron chi connectivity index (χ1n) is 28.3. The molecule has 78 heavy (non-hydrogen) atoms. The number of fused-ring (bicyclic) bond motifs is 3. The molecule has 0 saturated heterocycles. The zero-order valence-corrected chi connectivity index (χ0v) is 47.8. The van der Waals surface area contributed by atoms with E-state index in [9.17, 15) is 0 Å². The molecular weight excluding hydrogens is 945 g/mol. The third kappa shape index (κ3) is 15.5. The summed E-state index contributed by atoms with van der Waals surface area (Å²) in [5, 5.41) is 8.52. The van der Waals surface area contributed by atoms with Gasteiger partial charge in [0.25, 0.3) is 0 Å². The number of nitrogens with two attached hydrogens (primary N) is 1. The molecule has 400 valence electrons. The Balaban J connectivity index is 0.000000224. The van der Waals surface area contributed by atoms with E-state index in [4.69, 9.17) is 5.73 Å². The number of allylic oxidation sites excluding steroid dienone is 16. The second kappa shape index (κ2) is 31.1. The van der Waals surface area contributed by atoms with Gasteiger partial charge in [0.2, 0.25) is 0 Å². The van der Waals surface area contributed by atoms with Crippen LogP contribution >= 0.6 is 0 Å². The van der Waals surface area contributed by atoms with Crippen LogP contribution < -0.4 is 16.4 Å². The highest BCUT2D eigenvalue weighted by Crippen LogP contribution is 2.39. The summed E-state index contributed by atoms with van der Waals surface area (Å²) in [7, 11) is 0. The molecule has 1 aromatic heterocycles. The Hall–Kier alpha value is -8.18. The van der Waals surface area contributed by atoms with E-state index in [0.717, 1.165) is 53.7 Å². The van der Waals surface area contributed by atoms with E-state index in [0.29, 0.717) is 0 Å². The molecule has 1 aliphatic heterocycles. The minimum Gasteiger partial charge on any atom is -0.399 e. The Morgan fingerprint density at radius 3 is 2.08 bits per heavy atom. The fourth-order valence-electron chi connectivity index (χ4n) is 9.91. The Morgan fingerprint density at radius 1 is 0.679 bits per heavy atom. The Labute approximate surface area is 469 Å². The highest BCUT2D eigenvalue weighted by molar-refractivity contribution is 5.92. The van der Waals surface area contributed by atoms with Crippen molar-refractivity contribution >= 4 is 27.7 Å². The van der Waals surface area contributed by atoms with Crippen LogP contribution in [0.15, 0.2) is 255 Å². The molecule has 3 aliphatic rings. The minimum atomic E-state index is 0.0287. The minimum absolute atomic E-state index is 0.0287. The zero-order valence-electron chi connectivity index (χ0n) is 47.8. The molecule has 4 nitrogen and oxygen atoms in total. The maximum absolute atomic E-state index is 5.89. The average molecular weight is 1030 g/mol. The van der Waals surface area contributed by atoms with Crippen LogP contribution in [-0.4, -0.2) is 4.57 Å². The van der Waals surface area contributed by atoms with Crippen molar-refractivity contribution in [3.8, 4) is 27.9 Å². The molecule has 4 N–H and O–H groups in total. The molecule has 2 unspecified atom stereocenters. The second-order valence-electron chi connectivity index (χ2n) is 19.0. The van der Waals surface area contributed by atoms with Crippen molar-refractivity contribution in [1.29, 1.82) is 0 Å². The van der Waals surface area contributed by atoms with Crippen molar-refractivity contribution in [2.24, 2.45) is 0 Å². The molecule has 0 amide bonds. The fourth-order valence-corrected chi connectivity index (χ4v) is 9.91. The first-order valence-corrected chi connectivity index (χ1v) is 28.3. The number of nitrogen functional groups attached to an aromatic ring is 1. The summed E-state index contributed by atoms with van der Waals surface area (Å²) in [5.74, 6) is 0. The van der Waals surface area contributed by atoms with Crippen LogP contribution in [0.5, 0.6) is 0 Å². The summed E-state index contributed by atoms with van der Waals surface area (Å²) in [4.78, 5) is 0. The molecule has 2 heterocycles. The third-order valence-corrected chi connectivity index (χ3v) is 13.9. The van der Waals surface area contributed by atoms with Gasteiger partial charge in [-0.2, -0.15) is 0 Å². The fraction of sp³-hybridized carbons (Fsp3) is 0.216. The van der Waals surface area contributed by atoms with Gasteiger partial charge in [0.15, 0.2) is 0 Å². The lowest BCUT2D eigenvalue weighted by atomic mass is 9.87. The maximum Gasteiger partial charge on any atom is 0.103 e. The molecule has 4 heteroatoms. The number of nitrogens with one attached hydrogen (secondary N) is 2. The van der Waals surface area contributed by atoms with E-state index in [-0.39, 0.29) is 12.2 Å². The van der Waals surface area contributed by atoms with E-state index in [1.807, 2.05) is 103 Å². The van der Waals surface area contributed by atoms with Gasteiger partial charge in [0.05, 0.1) is 11.6 Å². The molecule has 0 saturated carbocycles. The van der Waals surface area contributed by atoms with Gasteiger partial charge in [-0.1, -0.05) is 211 Å².